The summed E-state index contributed by atoms with van der Waals surface area (Å²) in [5.74, 6) is 2.45. The van der Waals surface area contributed by atoms with E-state index in [1.54, 1.807) is 6.92 Å². The van der Waals surface area contributed by atoms with Gasteiger partial charge in [-0.15, -0.1) is 10.2 Å². The summed E-state index contributed by atoms with van der Waals surface area (Å²) in [6.07, 6.45) is 5.06. The van der Waals surface area contributed by atoms with Crippen molar-refractivity contribution in [3.63, 3.8) is 0 Å². The van der Waals surface area contributed by atoms with Crippen LogP contribution in [0.1, 0.15) is 51.3 Å². The zero-order chi connectivity index (χ0) is 14.5. The third kappa shape index (κ3) is 4.32. The fourth-order valence-electron chi connectivity index (χ4n) is 2.75. The molecule has 5 heteroatoms. The highest BCUT2D eigenvalue weighted by Gasteiger charge is 2.24. The first-order valence-corrected chi connectivity index (χ1v) is 7.61. The summed E-state index contributed by atoms with van der Waals surface area (Å²) in [7, 11) is 0. The second kappa shape index (κ2) is 6.86. The lowest BCUT2D eigenvalue weighted by atomic mass is 9.90. The van der Waals surface area contributed by atoms with Crippen LogP contribution in [0.15, 0.2) is 4.42 Å². The van der Waals surface area contributed by atoms with Gasteiger partial charge in [0, 0.05) is 20.0 Å². The van der Waals surface area contributed by atoms with Crippen LogP contribution >= 0.6 is 0 Å². The number of carbonyl (C=O) groups excluding carboxylic acids is 1. The highest BCUT2D eigenvalue weighted by atomic mass is 16.4. The van der Waals surface area contributed by atoms with E-state index in [0.29, 0.717) is 17.7 Å². The molecule has 0 spiro atoms. The Kier molecular flexibility index (Phi) is 5.15. The van der Waals surface area contributed by atoms with Gasteiger partial charge in [-0.25, -0.2) is 0 Å². The minimum atomic E-state index is 0.114. The lowest BCUT2D eigenvalue weighted by Crippen LogP contribution is -2.40. The van der Waals surface area contributed by atoms with Crippen LogP contribution in [0.25, 0.3) is 0 Å². The lowest BCUT2D eigenvalue weighted by Gasteiger charge is -2.33. The van der Waals surface area contributed by atoms with Crippen LogP contribution in [-0.2, 0) is 11.2 Å². The zero-order valence-corrected chi connectivity index (χ0v) is 12.8. The van der Waals surface area contributed by atoms with E-state index in [-0.39, 0.29) is 12.3 Å². The van der Waals surface area contributed by atoms with Crippen molar-refractivity contribution in [2.24, 2.45) is 11.8 Å². The molecule has 1 aromatic heterocycles. The highest BCUT2D eigenvalue weighted by molar-refractivity contribution is 5.77. The molecular formula is C15H25N3O2. The second-order valence-corrected chi connectivity index (χ2v) is 6.21. The van der Waals surface area contributed by atoms with Crippen molar-refractivity contribution in [1.29, 1.82) is 0 Å². The lowest BCUT2D eigenvalue weighted by molar-refractivity contribution is -0.132. The van der Waals surface area contributed by atoms with Crippen molar-refractivity contribution in [2.45, 2.75) is 52.9 Å². The van der Waals surface area contributed by atoms with Crippen LogP contribution < -0.4 is 0 Å². The molecule has 1 aromatic rings. The Bertz CT molecular complexity index is 442. The average molecular weight is 279 g/mol. The van der Waals surface area contributed by atoms with Gasteiger partial charge in [0.25, 0.3) is 0 Å². The van der Waals surface area contributed by atoms with Crippen LogP contribution in [0.4, 0.5) is 0 Å². The Morgan fingerprint density at radius 1 is 1.45 bits per heavy atom. The molecule has 0 aromatic carbocycles. The van der Waals surface area contributed by atoms with Crippen molar-refractivity contribution >= 4 is 5.91 Å². The number of hydrogen-bond acceptors (Lipinski definition) is 4. The van der Waals surface area contributed by atoms with E-state index in [0.717, 1.165) is 25.4 Å². The molecule has 1 fully saturated rings. The van der Waals surface area contributed by atoms with Gasteiger partial charge in [-0.05, 0) is 31.1 Å². The van der Waals surface area contributed by atoms with E-state index in [2.05, 4.69) is 24.0 Å². The number of nitrogens with zero attached hydrogens (tertiary/aromatic N) is 3. The molecule has 20 heavy (non-hydrogen) atoms. The molecule has 0 N–H and O–H groups in total. The predicted octanol–water partition coefficient (Wildman–Crippen LogP) is 2.60. The first kappa shape index (κ1) is 15.0. The maximum absolute atomic E-state index is 12.3. The van der Waals surface area contributed by atoms with Gasteiger partial charge in [0.2, 0.25) is 17.7 Å². The summed E-state index contributed by atoms with van der Waals surface area (Å²) in [4.78, 5) is 14.2. The number of aryl methyl sites for hydroxylation is 1. The summed E-state index contributed by atoms with van der Waals surface area (Å²) < 4.78 is 5.28. The fourth-order valence-corrected chi connectivity index (χ4v) is 2.75. The highest BCUT2D eigenvalue weighted by Crippen LogP contribution is 2.23. The number of aromatic nitrogens is 2. The van der Waals surface area contributed by atoms with Gasteiger partial charge >= 0.3 is 0 Å². The molecule has 0 aliphatic carbocycles. The largest absolute Gasteiger partial charge is 0.425 e. The number of rotatable bonds is 5. The third-order valence-electron chi connectivity index (χ3n) is 3.89. The number of piperidine rings is 1. The molecule has 0 bridgehead atoms. The van der Waals surface area contributed by atoms with E-state index in [9.17, 15) is 4.79 Å². The smallest absolute Gasteiger partial charge is 0.231 e. The molecule has 0 saturated carbocycles. The van der Waals surface area contributed by atoms with Crippen LogP contribution in [-0.4, -0.2) is 34.1 Å². The van der Waals surface area contributed by atoms with Gasteiger partial charge < -0.3 is 9.32 Å². The molecule has 2 heterocycles. The van der Waals surface area contributed by atoms with Crippen LogP contribution in [0.5, 0.6) is 0 Å². The second-order valence-electron chi connectivity index (χ2n) is 6.21. The van der Waals surface area contributed by atoms with Gasteiger partial charge in [-0.2, -0.15) is 0 Å². The molecule has 1 saturated heterocycles. The van der Waals surface area contributed by atoms with E-state index in [4.69, 9.17) is 4.42 Å². The van der Waals surface area contributed by atoms with E-state index >= 15 is 0 Å². The minimum Gasteiger partial charge on any atom is -0.425 e. The maximum Gasteiger partial charge on any atom is 0.231 e. The van der Waals surface area contributed by atoms with Crippen molar-refractivity contribution in [3.05, 3.63) is 11.8 Å². The predicted molar refractivity (Wildman–Crippen MR) is 76.1 cm³/mol. The third-order valence-corrected chi connectivity index (χ3v) is 3.89. The molecule has 1 aliphatic heterocycles. The molecular weight excluding hydrogens is 254 g/mol. The maximum atomic E-state index is 12.3. The number of hydrogen-bond donors (Lipinski definition) is 0. The molecule has 1 aliphatic rings. The Hall–Kier alpha value is -1.39. The van der Waals surface area contributed by atoms with Crippen LogP contribution in [0.3, 0.4) is 0 Å². The molecule has 1 unspecified atom stereocenters. The molecule has 1 amide bonds. The normalized spacial score (nSPS) is 19.6. The van der Waals surface area contributed by atoms with Crippen molar-refractivity contribution < 1.29 is 9.21 Å². The summed E-state index contributed by atoms with van der Waals surface area (Å²) in [5, 5.41) is 7.66. The van der Waals surface area contributed by atoms with E-state index < -0.39 is 0 Å². The molecule has 2 rings (SSSR count). The monoisotopic (exact) mass is 279 g/mol. The van der Waals surface area contributed by atoms with Gasteiger partial charge in [0.15, 0.2) is 0 Å². The number of carbonyl (C=O) groups is 1. The van der Waals surface area contributed by atoms with Crippen molar-refractivity contribution in [1.82, 2.24) is 15.1 Å². The average Bonchev–Trinajstić information content (AvgIpc) is 2.82. The summed E-state index contributed by atoms with van der Waals surface area (Å²) >= 11 is 0. The SMILES string of the molecule is Cc1nnc(CC(=O)N2CCCC(CCC(C)C)C2)o1. The Morgan fingerprint density at radius 3 is 2.90 bits per heavy atom. The van der Waals surface area contributed by atoms with Crippen molar-refractivity contribution in [3.8, 4) is 0 Å². The van der Waals surface area contributed by atoms with Gasteiger partial charge in [0.05, 0.1) is 0 Å². The quantitative estimate of drug-likeness (QED) is 0.831. The Morgan fingerprint density at radius 2 is 2.25 bits per heavy atom. The zero-order valence-electron chi connectivity index (χ0n) is 12.8. The molecule has 5 nitrogen and oxygen atoms in total. The number of likely N-dealkylation sites (tertiary alicyclic amines) is 1. The van der Waals surface area contributed by atoms with Gasteiger partial charge in [-0.3, -0.25) is 4.79 Å². The minimum absolute atomic E-state index is 0.114. The summed E-state index contributed by atoms with van der Waals surface area (Å²) in [6, 6.07) is 0. The topological polar surface area (TPSA) is 59.2 Å². The fraction of sp³-hybridized carbons (Fsp3) is 0.800. The molecule has 0 radical (unpaired) electrons. The van der Waals surface area contributed by atoms with Crippen LogP contribution in [0, 0.1) is 18.8 Å². The molecule has 1 atom stereocenters. The first-order chi connectivity index (χ1) is 9.54. The Balaban J connectivity index is 1.83. The van der Waals surface area contributed by atoms with Crippen molar-refractivity contribution in [2.75, 3.05) is 13.1 Å². The summed E-state index contributed by atoms with van der Waals surface area (Å²) in [6.45, 7) is 8.00. The van der Waals surface area contributed by atoms with Gasteiger partial charge in [-0.1, -0.05) is 20.3 Å². The van der Waals surface area contributed by atoms with Crippen LogP contribution in [0.2, 0.25) is 0 Å². The number of amides is 1. The van der Waals surface area contributed by atoms with Gasteiger partial charge in [0.1, 0.15) is 6.42 Å². The molecule has 112 valence electrons. The van der Waals surface area contributed by atoms with E-state index in [1.807, 2.05) is 4.90 Å². The standard InChI is InChI=1S/C15H25N3O2/c1-11(2)6-7-13-5-4-8-18(10-13)15(19)9-14-17-16-12(3)20-14/h11,13H,4-10H2,1-3H3. The Labute approximate surface area is 120 Å². The first-order valence-electron chi connectivity index (χ1n) is 7.61. The van der Waals surface area contributed by atoms with E-state index in [1.165, 1.54) is 19.3 Å². The summed E-state index contributed by atoms with van der Waals surface area (Å²) in [5.41, 5.74) is 0.